The zero-order chi connectivity index (χ0) is 14.8. The number of para-hydroxylation sites is 2. The lowest BCUT2D eigenvalue weighted by molar-refractivity contribution is 1.10. The molecule has 0 bridgehead atoms. The first-order valence-electron chi connectivity index (χ1n) is 6.60. The molecule has 0 amide bonds. The van der Waals surface area contributed by atoms with Crippen LogP contribution in [0, 0.1) is 6.92 Å². The van der Waals surface area contributed by atoms with Crippen molar-refractivity contribution in [3.63, 3.8) is 0 Å². The number of nitrogens with zero attached hydrogens (tertiary/aromatic N) is 1. The van der Waals surface area contributed by atoms with E-state index in [0.717, 1.165) is 27.2 Å². The van der Waals surface area contributed by atoms with E-state index in [2.05, 4.69) is 9.97 Å². The van der Waals surface area contributed by atoms with Gasteiger partial charge in [-0.3, -0.25) is 4.79 Å². The van der Waals surface area contributed by atoms with Crippen molar-refractivity contribution < 1.29 is 0 Å². The van der Waals surface area contributed by atoms with Crippen LogP contribution >= 0.6 is 11.8 Å². The van der Waals surface area contributed by atoms with Crippen molar-refractivity contribution in [3.05, 3.63) is 64.1 Å². The summed E-state index contributed by atoms with van der Waals surface area (Å²) < 4.78 is 0. The summed E-state index contributed by atoms with van der Waals surface area (Å²) >= 11 is 1.57. The van der Waals surface area contributed by atoms with Crippen molar-refractivity contribution in [2.45, 2.75) is 17.6 Å². The van der Waals surface area contributed by atoms with Crippen LogP contribution in [0.1, 0.15) is 11.3 Å². The molecule has 1 aromatic heterocycles. The van der Waals surface area contributed by atoms with Gasteiger partial charge in [-0.2, -0.15) is 0 Å². The number of hydrogen-bond acceptors (Lipinski definition) is 4. The number of nitrogen functional groups attached to an aromatic ring is 1. The van der Waals surface area contributed by atoms with E-state index in [0.29, 0.717) is 11.4 Å². The molecule has 3 aromatic rings. The molecule has 21 heavy (non-hydrogen) atoms. The van der Waals surface area contributed by atoms with Gasteiger partial charge in [0.1, 0.15) is 5.69 Å². The Kier molecular flexibility index (Phi) is 3.66. The molecule has 0 unspecified atom stereocenters. The standard InChI is InChI=1S/C16H15N3OS/c1-10-6-7-11(17)8-15(10)21-9-14-16(20)19-13-5-3-2-4-12(13)18-14/h2-8H,9,17H2,1H3,(H,19,20). The molecular weight excluding hydrogens is 282 g/mol. The highest BCUT2D eigenvalue weighted by Crippen LogP contribution is 2.26. The molecule has 2 aromatic carbocycles. The van der Waals surface area contributed by atoms with E-state index in [1.54, 1.807) is 11.8 Å². The molecule has 3 rings (SSSR count). The lowest BCUT2D eigenvalue weighted by Crippen LogP contribution is -2.14. The summed E-state index contributed by atoms with van der Waals surface area (Å²) in [5, 5.41) is 0. The third kappa shape index (κ3) is 2.92. The third-order valence-corrected chi connectivity index (χ3v) is 4.41. The van der Waals surface area contributed by atoms with Crippen LogP contribution in [-0.2, 0) is 5.75 Å². The number of hydrogen-bond donors (Lipinski definition) is 2. The summed E-state index contributed by atoms with van der Waals surface area (Å²) in [6, 6.07) is 13.3. The second-order valence-electron chi connectivity index (χ2n) is 4.84. The van der Waals surface area contributed by atoms with Gasteiger partial charge in [0.05, 0.1) is 11.0 Å². The number of aryl methyl sites for hydroxylation is 1. The van der Waals surface area contributed by atoms with E-state index in [1.807, 2.05) is 49.4 Å². The average molecular weight is 297 g/mol. The number of aromatic nitrogens is 2. The first kappa shape index (κ1) is 13.7. The van der Waals surface area contributed by atoms with Gasteiger partial charge in [0.2, 0.25) is 0 Å². The molecule has 1 heterocycles. The Labute approximate surface area is 126 Å². The monoisotopic (exact) mass is 297 g/mol. The fourth-order valence-corrected chi connectivity index (χ4v) is 3.09. The van der Waals surface area contributed by atoms with E-state index >= 15 is 0 Å². The molecule has 0 spiro atoms. The first-order chi connectivity index (χ1) is 10.1. The third-order valence-electron chi connectivity index (χ3n) is 3.25. The number of nitrogens with two attached hydrogens (primary N) is 1. The lowest BCUT2D eigenvalue weighted by Gasteiger charge is -2.06. The number of anilines is 1. The van der Waals surface area contributed by atoms with Crippen LogP contribution in [0.4, 0.5) is 5.69 Å². The van der Waals surface area contributed by atoms with Crippen molar-refractivity contribution in [3.8, 4) is 0 Å². The fourth-order valence-electron chi connectivity index (χ4n) is 2.08. The topological polar surface area (TPSA) is 71.8 Å². The number of H-pyrrole nitrogens is 1. The van der Waals surface area contributed by atoms with Crippen LogP contribution in [-0.4, -0.2) is 9.97 Å². The van der Waals surface area contributed by atoms with Crippen molar-refractivity contribution >= 4 is 28.5 Å². The van der Waals surface area contributed by atoms with Crippen LogP contribution in [0.25, 0.3) is 11.0 Å². The van der Waals surface area contributed by atoms with E-state index in [-0.39, 0.29) is 5.56 Å². The quantitative estimate of drug-likeness (QED) is 0.575. The maximum absolute atomic E-state index is 12.1. The zero-order valence-electron chi connectivity index (χ0n) is 11.6. The Bertz CT molecular complexity index is 858. The summed E-state index contributed by atoms with van der Waals surface area (Å²) in [6.45, 7) is 2.03. The van der Waals surface area contributed by atoms with Gasteiger partial charge < -0.3 is 10.7 Å². The van der Waals surface area contributed by atoms with Gasteiger partial charge in [0, 0.05) is 16.3 Å². The summed E-state index contributed by atoms with van der Waals surface area (Å²) in [6.07, 6.45) is 0. The summed E-state index contributed by atoms with van der Waals surface area (Å²) in [4.78, 5) is 20.4. The van der Waals surface area contributed by atoms with Crippen molar-refractivity contribution in [1.29, 1.82) is 0 Å². The van der Waals surface area contributed by atoms with Gasteiger partial charge in [-0.1, -0.05) is 18.2 Å². The molecule has 0 saturated carbocycles. The highest BCUT2D eigenvalue weighted by Gasteiger charge is 2.07. The zero-order valence-corrected chi connectivity index (χ0v) is 12.4. The molecule has 0 radical (unpaired) electrons. The Balaban J connectivity index is 1.90. The second kappa shape index (κ2) is 5.61. The highest BCUT2D eigenvalue weighted by molar-refractivity contribution is 7.98. The molecular formula is C16H15N3OS. The molecule has 106 valence electrons. The van der Waals surface area contributed by atoms with Gasteiger partial charge >= 0.3 is 0 Å². The molecule has 0 aliphatic heterocycles. The van der Waals surface area contributed by atoms with Crippen molar-refractivity contribution in [2.24, 2.45) is 0 Å². The predicted octanol–water partition coefficient (Wildman–Crippen LogP) is 3.11. The van der Waals surface area contributed by atoms with E-state index in [9.17, 15) is 4.79 Å². The molecule has 0 aliphatic rings. The molecule has 0 fully saturated rings. The van der Waals surface area contributed by atoms with Crippen LogP contribution < -0.4 is 11.3 Å². The summed E-state index contributed by atoms with van der Waals surface area (Å²) in [5.41, 5.74) is 9.63. The number of aromatic amines is 1. The van der Waals surface area contributed by atoms with E-state index in [4.69, 9.17) is 5.73 Å². The minimum atomic E-state index is -0.136. The lowest BCUT2D eigenvalue weighted by atomic mass is 10.2. The Morgan fingerprint density at radius 2 is 2.05 bits per heavy atom. The van der Waals surface area contributed by atoms with Crippen LogP contribution in [0.15, 0.2) is 52.2 Å². The minimum absolute atomic E-state index is 0.136. The van der Waals surface area contributed by atoms with Crippen LogP contribution in [0.3, 0.4) is 0 Å². The minimum Gasteiger partial charge on any atom is -0.399 e. The number of thioether (sulfide) groups is 1. The SMILES string of the molecule is Cc1ccc(N)cc1SCc1nc2ccccc2[nH]c1=O. The van der Waals surface area contributed by atoms with Crippen molar-refractivity contribution in [1.82, 2.24) is 9.97 Å². The molecule has 3 N–H and O–H groups in total. The summed E-state index contributed by atoms with van der Waals surface area (Å²) in [7, 11) is 0. The largest absolute Gasteiger partial charge is 0.399 e. The molecule has 5 heteroatoms. The maximum atomic E-state index is 12.1. The predicted molar refractivity (Wildman–Crippen MR) is 87.5 cm³/mol. The number of fused-ring (bicyclic) bond motifs is 1. The Morgan fingerprint density at radius 1 is 1.24 bits per heavy atom. The molecule has 0 aliphatic carbocycles. The van der Waals surface area contributed by atoms with E-state index in [1.165, 1.54) is 0 Å². The summed E-state index contributed by atoms with van der Waals surface area (Å²) in [5.74, 6) is 0.518. The van der Waals surface area contributed by atoms with Crippen LogP contribution in [0.5, 0.6) is 0 Å². The fraction of sp³-hybridized carbons (Fsp3) is 0.125. The molecule has 0 atom stereocenters. The Hall–Kier alpha value is -2.27. The number of nitrogens with one attached hydrogen (secondary N) is 1. The van der Waals surface area contributed by atoms with Gasteiger partial charge in [-0.25, -0.2) is 4.98 Å². The second-order valence-corrected chi connectivity index (χ2v) is 5.86. The number of rotatable bonds is 3. The normalized spacial score (nSPS) is 10.9. The maximum Gasteiger partial charge on any atom is 0.271 e. The molecule has 4 nitrogen and oxygen atoms in total. The smallest absolute Gasteiger partial charge is 0.271 e. The van der Waals surface area contributed by atoms with Gasteiger partial charge in [0.25, 0.3) is 5.56 Å². The number of benzene rings is 2. The highest BCUT2D eigenvalue weighted by atomic mass is 32.2. The first-order valence-corrected chi connectivity index (χ1v) is 7.59. The Morgan fingerprint density at radius 3 is 2.90 bits per heavy atom. The van der Waals surface area contributed by atoms with Crippen molar-refractivity contribution in [2.75, 3.05) is 5.73 Å². The van der Waals surface area contributed by atoms with Gasteiger partial charge in [-0.05, 0) is 36.8 Å². The van der Waals surface area contributed by atoms with Crippen LogP contribution in [0.2, 0.25) is 0 Å². The van der Waals surface area contributed by atoms with Gasteiger partial charge in [0.15, 0.2) is 0 Å². The van der Waals surface area contributed by atoms with E-state index < -0.39 is 0 Å². The molecule has 0 saturated heterocycles. The average Bonchev–Trinajstić information content (AvgIpc) is 2.48. The van der Waals surface area contributed by atoms with Gasteiger partial charge in [-0.15, -0.1) is 11.8 Å².